The summed E-state index contributed by atoms with van der Waals surface area (Å²) < 4.78 is 0. The van der Waals surface area contributed by atoms with Gasteiger partial charge in [-0.3, -0.25) is 4.79 Å². The highest BCUT2D eigenvalue weighted by Crippen LogP contribution is 2.23. The molecule has 1 amide bonds. The first-order valence-corrected chi connectivity index (χ1v) is 8.39. The number of carbonyl (C=O) groups excluding carboxylic acids is 1. The van der Waals surface area contributed by atoms with Crippen molar-refractivity contribution >= 4 is 18.3 Å². The zero-order chi connectivity index (χ0) is 14.5. The van der Waals surface area contributed by atoms with Crippen LogP contribution >= 0.6 is 12.4 Å². The zero-order valence-corrected chi connectivity index (χ0v) is 14.0. The summed E-state index contributed by atoms with van der Waals surface area (Å²) in [5, 5.41) is 3.38. The predicted molar refractivity (Wildman–Crippen MR) is 92.3 cm³/mol. The van der Waals surface area contributed by atoms with Crippen LogP contribution in [0.3, 0.4) is 0 Å². The van der Waals surface area contributed by atoms with Crippen LogP contribution < -0.4 is 5.32 Å². The Balaban J connectivity index is 0.00000176. The van der Waals surface area contributed by atoms with E-state index in [0.717, 1.165) is 51.2 Å². The fraction of sp³-hybridized carbons (Fsp3) is 0.611. The molecule has 2 aliphatic rings. The molecule has 0 radical (unpaired) electrons. The van der Waals surface area contributed by atoms with Gasteiger partial charge in [-0.15, -0.1) is 12.4 Å². The van der Waals surface area contributed by atoms with E-state index in [9.17, 15) is 4.79 Å². The maximum absolute atomic E-state index is 12.5. The molecule has 1 aromatic carbocycles. The molecule has 2 heterocycles. The van der Waals surface area contributed by atoms with Crippen molar-refractivity contribution in [1.29, 1.82) is 0 Å². The molecule has 1 N–H and O–H groups in total. The van der Waals surface area contributed by atoms with Crippen LogP contribution in [-0.4, -0.2) is 36.5 Å². The van der Waals surface area contributed by atoms with Gasteiger partial charge < -0.3 is 10.2 Å². The number of likely N-dealkylation sites (tertiary alicyclic amines) is 1. The van der Waals surface area contributed by atoms with Crippen molar-refractivity contribution < 1.29 is 4.79 Å². The van der Waals surface area contributed by atoms with Crippen molar-refractivity contribution in [3.63, 3.8) is 0 Å². The van der Waals surface area contributed by atoms with Gasteiger partial charge in [-0.25, -0.2) is 0 Å². The number of hydrogen-bond donors (Lipinski definition) is 1. The molecule has 1 aromatic rings. The third-order valence-electron chi connectivity index (χ3n) is 4.90. The number of rotatable bonds is 3. The highest BCUT2D eigenvalue weighted by molar-refractivity contribution is 5.85. The monoisotopic (exact) mass is 322 g/mol. The second kappa shape index (κ2) is 8.54. The summed E-state index contributed by atoms with van der Waals surface area (Å²) in [6.07, 6.45) is 6.87. The molecular formula is C18H27ClN2O. The summed E-state index contributed by atoms with van der Waals surface area (Å²) in [7, 11) is 0. The van der Waals surface area contributed by atoms with Crippen LogP contribution in [0.1, 0.15) is 37.7 Å². The van der Waals surface area contributed by atoms with Crippen molar-refractivity contribution in [2.75, 3.05) is 19.6 Å². The standard InChI is InChI=1S/C18H26N2O.ClH/c21-18(17-8-4-5-11-19-17)20-12-9-16(10-13-20)14-15-6-2-1-3-7-15;/h1-3,6-7,16-17,19H,4-5,8-14H2;1H/t17-;/m1./s1. The van der Waals surface area contributed by atoms with E-state index in [1.54, 1.807) is 0 Å². The smallest absolute Gasteiger partial charge is 0.239 e. The van der Waals surface area contributed by atoms with Crippen LogP contribution in [0.4, 0.5) is 0 Å². The molecule has 0 aliphatic carbocycles. The quantitative estimate of drug-likeness (QED) is 0.927. The molecule has 3 nitrogen and oxygen atoms in total. The number of nitrogens with one attached hydrogen (secondary N) is 1. The summed E-state index contributed by atoms with van der Waals surface area (Å²) in [5.41, 5.74) is 1.43. The highest BCUT2D eigenvalue weighted by atomic mass is 35.5. The van der Waals surface area contributed by atoms with E-state index in [0.29, 0.717) is 5.91 Å². The molecule has 0 aromatic heterocycles. The lowest BCUT2D eigenvalue weighted by molar-refractivity contribution is -0.135. The van der Waals surface area contributed by atoms with Crippen molar-refractivity contribution in [2.24, 2.45) is 5.92 Å². The van der Waals surface area contributed by atoms with Crippen LogP contribution in [0.5, 0.6) is 0 Å². The first kappa shape index (κ1) is 17.3. The molecular weight excluding hydrogens is 296 g/mol. The lowest BCUT2D eigenvalue weighted by Gasteiger charge is -2.35. The molecule has 22 heavy (non-hydrogen) atoms. The fourth-order valence-corrected chi connectivity index (χ4v) is 3.59. The number of hydrogen-bond acceptors (Lipinski definition) is 2. The van der Waals surface area contributed by atoms with E-state index in [4.69, 9.17) is 0 Å². The van der Waals surface area contributed by atoms with E-state index >= 15 is 0 Å². The minimum atomic E-state index is 0. The van der Waals surface area contributed by atoms with E-state index in [1.165, 1.54) is 18.4 Å². The van der Waals surface area contributed by atoms with Gasteiger partial charge in [0.2, 0.25) is 5.91 Å². The largest absolute Gasteiger partial charge is 0.341 e. The Bertz CT molecular complexity index is 451. The van der Waals surface area contributed by atoms with Crippen molar-refractivity contribution in [2.45, 2.75) is 44.6 Å². The van der Waals surface area contributed by atoms with E-state index in [1.807, 2.05) is 0 Å². The molecule has 0 spiro atoms. The number of carbonyl (C=O) groups is 1. The van der Waals surface area contributed by atoms with Gasteiger partial charge in [0.05, 0.1) is 6.04 Å². The number of piperidine rings is 2. The fourth-order valence-electron chi connectivity index (χ4n) is 3.59. The number of benzene rings is 1. The maximum atomic E-state index is 12.5. The lowest BCUT2D eigenvalue weighted by Crippen LogP contribution is -2.50. The van der Waals surface area contributed by atoms with Gasteiger partial charge in [0.15, 0.2) is 0 Å². The average Bonchev–Trinajstić information content (AvgIpc) is 2.57. The first-order valence-electron chi connectivity index (χ1n) is 8.39. The molecule has 3 rings (SSSR count). The minimum absolute atomic E-state index is 0. The Kier molecular flexibility index (Phi) is 6.71. The Hall–Kier alpha value is -1.06. The van der Waals surface area contributed by atoms with Gasteiger partial charge in [0.25, 0.3) is 0 Å². The summed E-state index contributed by atoms with van der Waals surface area (Å²) in [5.74, 6) is 1.07. The van der Waals surface area contributed by atoms with Gasteiger partial charge >= 0.3 is 0 Å². The van der Waals surface area contributed by atoms with Crippen molar-refractivity contribution in [1.82, 2.24) is 10.2 Å². The Labute approximate surface area is 139 Å². The van der Waals surface area contributed by atoms with Gasteiger partial charge in [-0.1, -0.05) is 36.8 Å². The van der Waals surface area contributed by atoms with Crippen molar-refractivity contribution in [3.05, 3.63) is 35.9 Å². The van der Waals surface area contributed by atoms with Crippen LogP contribution in [0, 0.1) is 5.92 Å². The Morgan fingerprint density at radius 2 is 1.82 bits per heavy atom. The molecule has 2 aliphatic heterocycles. The normalized spacial score (nSPS) is 22.9. The lowest BCUT2D eigenvalue weighted by atomic mass is 9.89. The van der Waals surface area contributed by atoms with Crippen LogP contribution in [-0.2, 0) is 11.2 Å². The topological polar surface area (TPSA) is 32.3 Å². The summed E-state index contributed by atoms with van der Waals surface area (Å²) in [6, 6.07) is 10.8. The second-order valence-corrected chi connectivity index (χ2v) is 6.46. The third kappa shape index (κ3) is 4.47. The van der Waals surface area contributed by atoms with Crippen LogP contribution in [0.2, 0.25) is 0 Å². The first-order chi connectivity index (χ1) is 10.3. The number of amides is 1. The van der Waals surface area contributed by atoms with Crippen LogP contribution in [0.25, 0.3) is 0 Å². The van der Waals surface area contributed by atoms with Crippen molar-refractivity contribution in [3.8, 4) is 0 Å². The molecule has 1 atom stereocenters. The highest BCUT2D eigenvalue weighted by Gasteiger charge is 2.28. The minimum Gasteiger partial charge on any atom is -0.341 e. The zero-order valence-electron chi connectivity index (χ0n) is 13.2. The molecule has 0 unspecified atom stereocenters. The Morgan fingerprint density at radius 1 is 1.09 bits per heavy atom. The predicted octanol–water partition coefficient (Wildman–Crippen LogP) is 3.03. The second-order valence-electron chi connectivity index (χ2n) is 6.46. The third-order valence-corrected chi connectivity index (χ3v) is 4.90. The van der Waals surface area contributed by atoms with E-state index in [-0.39, 0.29) is 18.4 Å². The van der Waals surface area contributed by atoms with Crippen LogP contribution in [0.15, 0.2) is 30.3 Å². The van der Waals surface area contributed by atoms with Gasteiger partial charge in [0, 0.05) is 13.1 Å². The maximum Gasteiger partial charge on any atom is 0.239 e. The number of halogens is 1. The molecule has 122 valence electrons. The number of nitrogens with zero attached hydrogens (tertiary/aromatic N) is 1. The molecule has 4 heteroatoms. The van der Waals surface area contributed by atoms with Gasteiger partial charge in [-0.2, -0.15) is 0 Å². The summed E-state index contributed by atoms with van der Waals surface area (Å²) in [6.45, 7) is 2.88. The molecule has 2 saturated heterocycles. The Morgan fingerprint density at radius 3 is 2.45 bits per heavy atom. The molecule has 2 fully saturated rings. The molecule has 0 bridgehead atoms. The average molecular weight is 323 g/mol. The van der Waals surface area contributed by atoms with E-state index in [2.05, 4.69) is 40.5 Å². The summed E-state index contributed by atoms with van der Waals surface area (Å²) in [4.78, 5) is 14.6. The van der Waals surface area contributed by atoms with Gasteiger partial charge in [0.1, 0.15) is 0 Å². The summed E-state index contributed by atoms with van der Waals surface area (Å²) >= 11 is 0. The SMILES string of the molecule is Cl.O=C([C@H]1CCCCN1)N1CCC(Cc2ccccc2)CC1. The molecule has 0 saturated carbocycles. The van der Waals surface area contributed by atoms with E-state index < -0.39 is 0 Å². The van der Waals surface area contributed by atoms with Gasteiger partial charge in [-0.05, 0) is 50.1 Å².